The Morgan fingerprint density at radius 1 is 0.938 bits per heavy atom. The molecular weight excluding hydrogens is 200 g/mol. The monoisotopic (exact) mass is 226 g/mol. The summed E-state index contributed by atoms with van der Waals surface area (Å²) in [7, 11) is 0. The Morgan fingerprint density at radius 2 is 1.44 bits per heavy atom. The molecule has 2 aliphatic rings. The van der Waals surface area contributed by atoms with E-state index in [2.05, 4.69) is 41.5 Å². The van der Waals surface area contributed by atoms with Crippen molar-refractivity contribution < 1.29 is 9.47 Å². The Balaban J connectivity index is 2.26. The van der Waals surface area contributed by atoms with Gasteiger partial charge in [-0.3, -0.25) is 0 Å². The molecule has 1 atom stereocenters. The predicted molar refractivity (Wildman–Crippen MR) is 65.2 cm³/mol. The third kappa shape index (κ3) is 1.91. The molecule has 1 saturated heterocycles. The Labute approximate surface area is 99.7 Å². The maximum atomic E-state index is 6.09. The summed E-state index contributed by atoms with van der Waals surface area (Å²) in [5.74, 6) is 0.382. The summed E-state index contributed by atoms with van der Waals surface area (Å²) in [6.45, 7) is 14.6. The highest BCUT2D eigenvalue weighted by molar-refractivity contribution is 5.00. The van der Waals surface area contributed by atoms with Crippen molar-refractivity contribution in [1.29, 1.82) is 0 Å². The molecule has 16 heavy (non-hydrogen) atoms. The number of hydrogen-bond donors (Lipinski definition) is 0. The highest BCUT2D eigenvalue weighted by Gasteiger charge is 2.55. The van der Waals surface area contributed by atoms with E-state index in [9.17, 15) is 0 Å². The van der Waals surface area contributed by atoms with Crippen LogP contribution in [0.1, 0.15) is 54.4 Å². The van der Waals surface area contributed by atoms with Crippen LogP contribution in [0.4, 0.5) is 0 Å². The molecular formula is C14H26O2. The third-order valence-electron chi connectivity index (χ3n) is 4.79. The average molecular weight is 226 g/mol. The first-order chi connectivity index (χ1) is 7.17. The van der Waals surface area contributed by atoms with Crippen LogP contribution >= 0.6 is 0 Å². The van der Waals surface area contributed by atoms with Crippen molar-refractivity contribution in [3.05, 3.63) is 0 Å². The van der Waals surface area contributed by atoms with E-state index >= 15 is 0 Å². The van der Waals surface area contributed by atoms with Gasteiger partial charge in [0, 0.05) is 12.8 Å². The summed E-state index contributed by atoms with van der Waals surface area (Å²) in [5.41, 5.74) is 0.567. The maximum Gasteiger partial charge on any atom is 0.169 e. The molecule has 1 saturated carbocycles. The van der Waals surface area contributed by atoms with Crippen LogP contribution in [-0.4, -0.2) is 18.5 Å². The molecule has 2 nitrogen and oxygen atoms in total. The lowest BCUT2D eigenvalue weighted by Crippen LogP contribution is -2.52. The van der Waals surface area contributed by atoms with Crippen molar-refractivity contribution in [2.45, 2.75) is 66.3 Å². The second kappa shape index (κ2) is 3.46. The van der Waals surface area contributed by atoms with Gasteiger partial charge in [0.1, 0.15) is 0 Å². The van der Waals surface area contributed by atoms with E-state index in [-0.39, 0.29) is 22.7 Å². The van der Waals surface area contributed by atoms with Crippen molar-refractivity contribution in [1.82, 2.24) is 0 Å². The van der Waals surface area contributed by atoms with Gasteiger partial charge in [-0.15, -0.1) is 0 Å². The van der Waals surface area contributed by atoms with Gasteiger partial charge < -0.3 is 9.47 Å². The van der Waals surface area contributed by atoms with Crippen molar-refractivity contribution in [3.8, 4) is 0 Å². The Bertz CT molecular complexity index is 262. The van der Waals surface area contributed by atoms with Crippen LogP contribution in [0, 0.1) is 16.7 Å². The first kappa shape index (κ1) is 12.4. The summed E-state index contributed by atoms with van der Waals surface area (Å²) < 4.78 is 12.1. The smallest absolute Gasteiger partial charge is 0.169 e. The fourth-order valence-electron chi connectivity index (χ4n) is 3.70. The largest absolute Gasteiger partial charge is 0.347 e. The third-order valence-corrected chi connectivity index (χ3v) is 4.79. The summed E-state index contributed by atoms with van der Waals surface area (Å²) in [4.78, 5) is 0. The molecule has 0 aromatic heterocycles. The van der Waals surface area contributed by atoms with E-state index in [0.29, 0.717) is 5.92 Å². The standard InChI is InChI=1S/C14H26O2/c1-10-7-15-14(16-10)8-12(3,4)11(2)13(5,6)9-14/h10-11H,7-9H2,1-6H3. The molecule has 1 aliphatic heterocycles. The topological polar surface area (TPSA) is 18.5 Å². The zero-order valence-electron chi connectivity index (χ0n) is 11.6. The van der Waals surface area contributed by atoms with Gasteiger partial charge in [0.05, 0.1) is 12.7 Å². The SMILES string of the molecule is CC1COC2(CC(C)(C)C(C)C(C)(C)C2)O1. The zero-order valence-corrected chi connectivity index (χ0v) is 11.6. The summed E-state index contributed by atoms with van der Waals surface area (Å²) in [6, 6.07) is 0. The molecule has 2 fully saturated rings. The molecule has 0 radical (unpaired) electrons. The van der Waals surface area contributed by atoms with Crippen LogP contribution in [0.2, 0.25) is 0 Å². The summed E-state index contributed by atoms with van der Waals surface area (Å²) >= 11 is 0. The van der Waals surface area contributed by atoms with Crippen molar-refractivity contribution in [3.63, 3.8) is 0 Å². The van der Waals surface area contributed by atoms with Crippen LogP contribution in [0.3, 0.4) is 0 Å². The lowest BCUT2D eigenvalue weighted by atomic mass is 9.56. The highest BCUT2D eigenvalue weighted by atomic mass is 16.7. The average Bonchev–Trinajstić information content (AvgIpc) is 2.41. The molecule has 1 heterocycles. The van der Waals surface area contributed by atoms with Crippen LogP contribution in [-0.2, 0) is 9.47 Å². The van der Waals surface area contributed by atoms with E-state index < -0.39 is 0 Å². The maximum absolute atomic E-state index is 6.09. The fourth-order valence-corrected chi connectivity index (χ4v) is 3.70. The van der Waals surface area contributed by atoms with Gasteiger partial charge in [-0.05, 0) is 23.7 Å². The van der Waals surface area contributed by atoms with Gasteiger partial charge in [-0.2, -0.15) is 0 Å². The Kier molecular flexibility index (Phi) is 2.67. The van der Waals surface area contributed by atoms with E-state index in [0.717, 1.165) is 19.4 Å². The summed E-state index contributed by atoms with van der Waals surface area (Å²) in [5, 5.41) is 0. The lowest BCUT2D eigenvalue weighted by molar-refractivity contribution is -0.243. The molecule has 0 aromatic rings. The second-order valence-corrected chi connectivity index (χ2v) is 7.20. The molecule has 94 valence electrons. The second-order valence-electron chi connectivity index (χ2n) is 7.20. The van der Waals surface area contributed by atoms with Gasteiger partial charge in [0.15, 0.2) is 5.79 Å². The lowest BCUT2D eigenvalue weighted by Gasteiger charge is -2.54. The van der Waals surface area contributed by atoms with Crippen LogP contribution in [0.15, 0.2) is 0 Å². The van der Waals surface area contributed by atoms with E-state index in [1.165, 1.54) is 0 Å². The Hall–Kier alpha value is -0.0800. The Morgan fingerprint density at radius 3 is 1.81 bits per heavy atom. The van der Waals surface area contributed by atoms with Crippen LogP contribution in [0.25, 0.3) is 0 Å². The van der Waals surface area contributed by atoms with Crippen LogP contribution in [0.5, 0.6) is 0 Å². The van der Waals surface area contributed by atoms with Crippen molar-refractivity contribution in [2.24, 2.45) is 16.7 Å². The summed E-state index contributed by atoms with van der Waals surface area (Å²) in [6.07, 6.45) is 2.30. The molecule has 1 spiro atoms. The normalized spacial score (nSPS) is 36.8. The van der Waals surface area contributed by atoms with E-state index in [1.807, 2.05) is 0 Å². The van der Waals surface area contributed by atoms with Gasteiger partial charge in [-0.25, -0.2) is 0 Å². The number of rotatable bonds is 0. The fraction of sp³-hybridized carbons (Fsp3) is 1.00. The molecule has 0 amide bonds. The van der Waals surface area contributed by atoms with Gasteiger partial charge in [-0.1, -0.05) is 34.6 Å². The molecule has 1 unspecified atom stereocenters. The van der Waals surface area contributed by atoms with Gasteiger partial charge in [0.25, 0.3) is 0 Å². The minimum atomic E-state index is -0.307. The van der Waals surface area contributed by atoms with Crippen molar-refractivity contribution >= 4 is 0 Å². The molecule has 0 bridgehead atoms. The van der Waals surface area contributed by atoms with Crippen LogP contribution < -0.4 is 0 Å². The minimum Gasteiger partial charge on any atom is -0.347 e. The zero-order chi connectivity index (χ0) is 12.2. The molecule has 1 aliphatic carbocycles. The number of ether oxygens (including phenoxy) is 2. The molecule has 0 aromatic carbocycles. The van der Waals surface area contributed by atoms with E-state index in [4.69, 9.17) is 9.47 Å². The number of hydrogen-bond acceptors (Lipinski definition) is 2. The molecule has 0 N–H and O–H groups in total. The molecule has 2 heteroatoms. The highest BCUT2D eigenvalue weighted by Crippen LogP contribution is 2.56. The minimum absolute atomic E-state index is 0.250. The first-order valence-corrected chi connectivity index (χ1v) is 6.49. The molecule has 2 rings (SSSR count). The van der Waals surface area contributed by atoms with Gasteiger partial charge in [0.2, 0.25) is 0 Å². The quantitative estimate of drug-likeness (QED) is 0.628. The van der Waals surface area contributed by atoms with Gasteiger partial charge >= 0.3 is 0 Å². The predicted octanol–water partition coefficient (Wildman–Crippen LogP) is 3.60. The van der Waals surface area contributed by atoms with E-state index in [1.54, 1.807) is 0 Å². The first-order valence-electron chi connectivity index (χ1n) is 6.49. The van der Waals surface area contributed by atoms with Crippen molar-refractivity contribution in [2.75, 3.05) is 6.61 Å².